The van der Waals surface area contributed by atoms with Crippen LogP contribution in [-0.4, -0.2) is 39.6 Å². The fourth-order valence-corrected chi connectivity index (χ4v) is 4.40. The molecule has 2 atom stereocenters. The zero-order valence-electron chi connectivity index (χ0n) is 17.0. The fraction of sp³-hybridized carbons (Fsp3) is 0.762. The van der Waals surface area contributed by atoms with Crippen molar-refractivity contribution in [1.82, 2.24) is 20.2 Å². The molecule has 2 unspecified atom stereocenters. The molecule has 1 aromatic heterocycles. The lowest BCUT2D eigenvalue weighted by molar-refractivity contribution is -0.126. The van der Waals surface area contributed by atoms with E-state index in [0.717, 1.165) is 31.5 Å². The van der Waals surface area contributed by atoms with Gasteiger partial charge in [0.2, 0.25) is 11.8 Å². The smallest absolute Gasteiger partial charge is 0.223 e. The van der Waals surface area contributed by atoms with Gasteiger partial charge in [0.1, 0.15) is 12.0 Å². The molecule has 0 saturated heterocycles. The predicted molar refractivity (Wildman–Crippen MR) is 105 cm³/mol. The van der Waals surface area contributed by atoms with E-state index in [2.05, 4.69) is 29.5 Å². The molecule has 0 aliphatic heterocycles. The maximum Gasteiger partial charge on any atom is 0.223 e. The molecule has 0 spiro atoms. The summed E-state index contributed by atoms with van der Waals surface area (Å²) >= 11 is 0. The summed E-state index contributed by atoms with van der Waals surface area (Å²) in [4.78, 5) is 28.9. The van der Waals surface area contributed by atoms with Crippen LogP contribution in [0.25, 0.3) is 0 Å². The Morgan fingerprint density at radius 3 is 2.43 bits per heavy atom. The molecule has 7 heteroatoms. The number of carbonyl (C=O) groups excluding carboxylic acids is 2. The van der Waals surface area contributed by atoms with Crippen LogP contribution in [0.3, 0.4) is 0 Å². The summed E-state index contributed by atoms with van der Waals surface area (Å²) in [5.74, 6) is 1.25. The topological polar surface area (TPSA) is 76.0 Å². The summed E-state index contributed by atoms with van der Waals surface area (Å²) in [5, 5.41) is 6.22. The highest BCUT2D eigenvalue weighted by atomic mass is 19.1. The zero-order valence-corrected chi connectivity index (χ0v) is 17.0. The Morgan fingerprint density at radius 2 is 1.82 bits per heavy atom. The molecule has 0 bridgehead atoms. The minimum absolute atomic E-state index is 0.00826. The number of nitrogens with one attached hydrogen (secondary N) is 2. The Kier molecular flexibility index (Phi) is 7.08. The Balaban J connectivity index is 1.35. The van der Waals surface area contributed by atoms with Gasteiger partial charge in [0, 0.05) is 49.3 Å². The van der Waals surface area contributed by atoms with Gasteiger partial charge in [-0.2, -0.15) is 0 Å². The maximum atomic E-state index is 13.3. The largest absolute Gasteiger partial charge is 0.353 e. The van der Waals surface area contributed by atoms with E-state index in [0.29, 0.717) is 38.1 Å². The third-order valence-corrected chi connectivity index (χ3v) is 6.02. The van der Waals surface area contributed by atoms with Crippen molar-refractivity contribution in [2.75, 3.05) is 0 Å². The van der Waals surface area contributed by atoms with Crippen molar-refractivity contribution in [1.29, 1.82) is 0 Å². The van der Waals surface area contributed by atoms with Gasteiger partial charge < -0.3 is 15.2 Å². The van der Waals surface area contributed by atoms with Crippen molar-refractivity contribution in [2.24, 2.45) is 5.92 Å². The van der Waals surface area contributed by atoms with Gasteiger partial charge in [-0.15, -0.1) is 0 Å². The van der Waals surface area contributed by atoms with Gasteiger partial charge in [-0.1, -0.05) is 13.8 Å². The van der Waals surface area contributed by atoms with Crippen molar-refractivity contribution in [3.63, 3.8) is 0 Å². The Bertz CT molecular complexity index is 667. The van der Waals surface area contributed by atoms with E-state index in [1.807, 2.05) is 10.8 Å². The van der Waals surface area contributed by atoms with Gasteiger partial charge in [-0.05, 0) is 44.9 Å². The Hall–Kier alpha value is -1.92. The molecule has 2 fully saturated rings. The zero-order chi connectivity index (χ0) is 20.1. The van der Waals surface area contributed by atoms with E-state index in [9.17, 15) is 14.0 Å². The number of hydrogen-bond donors (Lipinski definition) is 2. The second kappa shape index (κ2) is 9.52. The molecule has 2 aliphatic carbocycles. The van der Waals surface area contributed by atoms with Crippen LogP contribution in [0.2, 0.25) is 0 Å². The minimum atomic E-state index is -0.819. The maximum absolute atomic E-state index is 13.3. The molecule has 2 N–H and O–H groups in total. The van der Waals surface area contributed by atoms with Crippen LogP contribution in [0, 0.1) is 5.92 Å². The molecule has 2 amide bonds. The molecule has 0 radical (unpaired) electrons. The first-order valence-electron chi connectivity index (χ1n) is 10.7. The van der Waals surface area contributed by atoms with Crippen LogP contribution in [-0.2, 0) is 16.1 Å². The normalized spacial score (nSPS) is 27.7. The highest BCUT2D eigenvalue weighted by Gasteiger charge is 2.31. The molecule has 1 aromatic rings. The number of hydrogen-bond acceptors (Lipinski definition) is 3. The molecule has 0 aromatic carbocycles. The molecule has 156 valence electrons. The van der Waals surface area contributed by atoms with Gasteiger partial charge >= 0.3 is 0 Å². The summed E-state index contributed by atoms with van der Waals surface area (Å²) in [6.07, 6.45) is 8.33. The first-order valence-corrected chi connectivity index (χ1v) is 10.7. The quantitative estimate of drug-likeness (QED) is 0.749. The molecule has 2 aliphatic rings. The van der Waals surface area contributed by atoms with Gasteiger partial charge in [0.05, 0.1) is 0 Å². The molecule has 2 saturated carbocycles. The first-order chi connectivity index (χ1) is 13.4. The third-order valence-electron chi connectivity index (χ3n) is 6.02. The number of carbonyl (C=O) groups is 2. The van der Waals surface area contributed by atoms with E-state index < -0.39 is 6.17 Å². The number of aromatic nitrogens is 2. The monoisotopic (exact) mass is 392 g/mol. The number of imidazole rings is 1. The lowest BCUT2D eigenvalue weighted by Gasteiger charge is -2.30. The van der Waals surface area contributed by atoms with Crippen LogP contribution >= 0.6 is 0 Å². The van der Waals surface area contributed by atoms with Gasteiger partial charge in [0.15, 0.2) is 0 Å². The predicted octanol–water partition coefficient (Wildman–Crippen LogP) is 3.08. The summed E-state index contributed by atoms with van der Waals surface area (Å²) in [5.41, 5.74) is 0. The lowest BCUT2D eigenvalue weighted by atomic mass is 9.90. The molecule has 6 nitrogen and oxygen atoms in total. The van der Waals surface area contributed by atoms with Crippen molar-refractivity contribution in [3.05, 3.63) is 18.2 Å². The van der Waals surface area contributed by atoms with Gasteiger partial charge in [-0.3, -0.25) is 9.59 Å². The average molecular weight is 393 g/mol. The second-order valence-corrected chi connectivity index (χ2v) is 8.62. The first kappa shape index (κ1) is 20.8. The summed E-state index contributed by atoms with van der Waals surface area (Å²) in [6, 6.07) is 0.327. The number of amides is 2. The fourth-order valence-electron chi connectivity index (χ4n) is 4.40. The highest BCUT2D eigenvalue weighted by molar-refractivity contribution is 5.79. The number of halogens is 1. The standard InChI is InChI=1S/C21H33FN4O2/c1-14(2)20-23-10-12-26(20)11-9-19(27)24-17-5-7-18(8-6-17)25-21(28)15-3-4-16(22)13-15/h10,12,14-18H,3-9,11,13H2,1-2H3,(H,24,27)(H,25,28). The minimum Gasteiger partial charge on any atom is -0.353 e. The molecule has 28 heavy (non-hydrogen) atoms. The number of alkyl halides is 1. The highest BCUT2D eigenvalue weighted by Crippen LogP contribution is 2.28. The molecular formula is C21H33FN4O2. The van der Waals surface area contributed by atoms with E-state index in [1.165, 1.54) is 0 Å². The van der Waals surface area contributed by atoms with E-state index in [4.69, 9.17) is 0 Å². The Morgan fingerprint density at radius 1 is 1.14 bits per heavy atom. The second-order valence-electron chi connectivity index (χ2n) is 8.62. The van der Waals surface area contributed by atoms with Crippen LogP contribution in [0.5, 0.6) is 0 Å². The average Bonchev–Trinajstić information content (AvgIpc) is 3.30. The summed E-state index contributed by atoms with van der Waals surface area (Å²) in [7, 11) is 0. The van der Waals surface area contributed by atoms with Crippen molar-refractivity contribution in [2.45, 2.75) is 95.9 Å². The van der Waals surface area contributed by atoms with Crippen molar-refractivity contribution >= 4 is 11.8 Å². The number of rotatable bonds is 7. The van der Waals surface area contributed by atoms with Crippen LogP contribution < -0.4 is 10.6 Å². The SMILES string of the molecule is CC(C)c1nccn1CCC(=O)NC1CCC(NC(=O)C2CCC(F)C2)CC1. The number of aryl methyl sites for hydroxylation is 1. The number of nitrogens with zero attached hydrogens (tertiary/aromatic N) is 2. The van der Waals surface area contributed by atoms with E-state index in [1.54, 1.807) is 6.20 Å². The summed E-state index contributed by atoms with van der Waals surface area (Å²) in [6.45, 7) is 4.83. The van der Waals surface area contributed by atoms with Gasteiger partial charge in [0.25, 0.3) is 0 Å². The summed E-state index contributed by atoms with van der Waals surface area (Å²) < 4.78 is 15.3. The molecular weight excluding hydrogens is 359 g/mol. The lowest BCUT2D eigenvalue weighted by Crippen LogP contribution is -2.45. The van der Waals surface area contributed by atoms with E-state index >= 15 is 0 Å². The van der Waals surface area contributed by atoms with E-state index in [-0.39, 0.29) is 29.8 Å². The third kappa shape index (κ3) is 5.55. The molecule has 3 rings (SSSR count). The van der Waals surface area contributed by atoms with Crippen LogP contribution in [0.15, 0.2) is 12.4 Å². The van der Waals surface area contributed by atoms with Crippen molar-refractivity contribution in [3.8, 4) is 0 Å². The van der Waals surface area contributed by atoms with Crippen LogP contribution in [0.1, 0.15) is 77.0 Å². The van der Waals surface area contributed by atoms with Crippen LogP contribution in [0.4, 0.5) is 4.39 Å². The van der Waals surface area contributed by atoms with Crippen molar-refractivity contribution < 1.29 is 14.0 Å². The Labute approximate surface area is 166 Å². The van der Waals surface area contributed by atoms with Gasteiger partial charge in [-0.25, -0.2) is 9.37 Å². The molecule has 1 heterocycles.